The highest BCUT2D eigenvalue weighted by atomic mass is 19.1. The Morgan fingerprint density at radius 2 is 1.75 bits per heavy atom. The molecule has 0 fully saturated rings. The molecular formula is C20H21F4N7O. The van der Waals surface area contributed by atoms with Crippen LogP contribution in [0.15, 0.2) is 30.7 Å². The maximum atomic E-state index is 14.0. The summed E-state index contributed by atoms with van der Waals surface area (Å²) < 4.78 is 56.0. The summed E-state index contributed by atoms with van der Waals surface area (Å²) in [5.41, 5.74) is -0.411. The summed E-state index contributed by atoms with van der Waals surface area (Å²) in [5, 5.41) is 12.1. The molecule has 0 spiro atoms. The second kappa shape index (κ2) is 9.20. The molecule has 0 bridgehead atoms. The van der Waals surface area contributed by atoms with E-state index in [2.05, 4.69) is 31.0 Å². The van der Waals surface area contributed by atoms with Crippen LogP contribution in [0.25, 0.3) is 0 Å². The molecule has 0 aliphatic carbocycles. The average molecular weight is 451 g/mol. The van der Waals surface area contributed by atoms with Gasteiger partial charge in [0.15, 0.2) is 11.6 Å². The van der Waals surface area contributed by atoms with Crippen LogP contribution in [-0.2, 0) is 17.9 Å². The molecule has 12 heteroatoms. The third-order valence-electron chi connectivity index (χ3n) is 3.99. The molecule has 0 saturated carbocycles. The maximum Gasteiger partial charge on any atom is 0.242 e. The minimum Gasteiger partial charge on any atom is -0.363 e. The summed E-state index contributed by atoms with van der Waals surface area (Å²) in [4.78, 5) is 19.7. The second-order valence-electron chi connectivity index (χ2n) is 7.94. The van der Waals surface area contributed by atoms with E-state index in [1.807, 2.05) is 20.8 Å². The van der Waals surface area contributed by atoms with E-state index < -0.39 is 35.4 Å². The number of rotatable bonds is 7. The van der Waals surface area contributed by atoms with E-state index in [1.165, 1.54) is 17.1 Å². The van der Waals surface area contributed by atoms with Crippen molar-refractivity contribution >= 4 is 23.4 Å². The Labute approximate surface area is 181 Å². The summed E-state index contributed by atoms with van der Waals surface area (Å²) in [6.07, 6.45) is 3.83. The average Bonchev–Trinajstić information content (AvgIpc) is 3.08. The van der Waals surface area contributed by atoms with Crippen molar-refractivity contribution in [1.29, 1.82) is 0 Å². The van der Waals surface area contributed by atoms with Gasteiger partial charge in [-0.05, 0) is 20.8 Å². The van der Waals surface area contributed by atoms with E-state index in [1.54, 1.807) is 0 Å². The maximum absolute atomic E-state index is 14.0. The van der Waals surface area contributed by atoms with Crippen LogP contribution in [0, 0.1) is 23.3 Å². The first kappa shape index (κ1) is 23.0. The van der Waals surface area contributed by atoms with Gasteiger partial charge in [0.2, 0.25) is 11.9 Å². The van der Waals surface area contributed by atoms with Crippen molar-refractivity contribution in [2.45, 2.75) is 39.4 Å². The van der Waals surface area contributed by atoms with Gasteiger partial charge in [0, 0.05) is 36.0 Å². The first-order valence-electron chi connectivity index (χ1n) is 9.50. The molecule has 1 amide bonds. The van der Waals surface area contributed by atoms with Crippen LogP contribution in [0.3, 0.4) is 0 Å². The quantitative estimate of drug-likeness (QED) is 0.476. The largest absolute Gasteiger partial charge is 0.363 e. The molecule has 3 N–H and O–H groups in total. The molecule has 8 nitrogen and oxygen atoms in total. The highest BCUT2D eigenvalue weighted by Crippen LogP contribution is 2.19. The van der Waals surface area contributed by atoms with Crippen LogP contribution in [0.1, 0.15) is 26.3 Å². The SMILES string of the molecule is CC(C)(C)NC(=O)Cn1cc(Nc2ncc(F)c(NCc3c(F)cc(F)cc3F)n2)cn1. The fourth-order valence-corrected chi connectivity index (χ4v) is 2.71. The zero-order valence-corrected chi connectivity index (χ0v) is 17.5. The number of anilines is 3. The number of carbonyl (C=O) groups is 1. The highest BCUT2D eigenvalue weighted by Gasteiger charge is 2.16. The number of amides is 1. The lowest BCUT2D eigenvalue weighted by molar-refractivity contribution is -0.123. The zero-order valence-electron chi connectivity index (χ0n) is 17.5. The Morgan fingerprint density at radius 1 is 1.06 bits per heavy atom. The number of nitrogens with zero attached hydrogens (tertiary/aromatic N) is 4. The van der Waals surface area contributed by atoms with E-state index >= 15 is 0 Å². The topological polar surface area (TPSA) is 96.8 Å². The molecule has 3 rings (SSSR count). The van der Waals surface area contributed by atoms with E-state index in [9.17, 15) is 22.4 Å². The number of halogens is 4. The molecule has 0 atom stereocenters. The van der Waals surface area contributed by atoms with Crippen LogP contribution in [0.2, 0.25) is 0 Å². The molecule has 170 valence electrons. The summed E-state index contributed by atoms with van der Waals surface area (Å²) >= 11 is 0. The van der Waals surface area contributed by atoms with Gasteiger partial charge < -0.3 is 16.0 Å². The van der Waals surface area contributed by atoms with Crippen molar-refractivity contribution in [3.8, 4) is 0 Å². The summed E-state index contributed by atoms with van der Waals surface area (Å²) in [6, 6.07) is 1.06. The smallest absolute Gasteiger partial charge is 0.242 e. The zero-order chi connectivity index (χ0) is 23.5. The molecule has 2 heterocycles. The fraction of sp³-hybridized carbons (Fsp3) is 0.300. The fourth-order valence-electron chi connectivity index (χ4n) is 2.71. The van der Waals surface area contributed by atoms with Crippen molar-refractivity contribution in [2.75, 3.05) is 10.6 Å². The predicted octanol–water partition coefficient (Wildman–Crippen LogP) is 3.50. The molecular weight excluding hydrogens is 430 g/mol. The number of aromatic nitrogens is 4. The lowest BCUT2D eigenvalue weighted by Crippen LogP contribution is -2.42. The Bertz CT molecular complexity index is 1100. The molecule has 0 aliphatic rings. The van der Waals surface area contributed by atoms with Gasteiger partial charge in [0.25, 0.3) is 0 Å². The van der Waals surface area contributed by atoms with Crippen LogP contribution >= 0.6 is 0 Å². The minimum atomic E-state index is -1.11. The van der Waals surface area contributed by atoms with Gasteiger partial charge in [0.05, 0.1) is 18.1 Å². The molecule has 0 aliphatic heterocycles. The van der Waals surface area contributed by atoms with Crippen LogP contribution in [0.5, 0.6) is 0 Å². The lowest BCUT2D eigenvalue weighted by atomic mass is 10.1. The van der Waals surface area contributed by atoms with E-state index in [-0.39, 0.29) is 29.8 Å². The normalized spacial score (nSPS) is 11.3. The third-order valence-corrected chi connectivity index (χ3v) is 3.99. The molecule has 0 unspecified atom stereocenters. The second-order valence-corrected chi connectivity index (χ2v) is 7.94. The minimum absolute atomic E-state index is 0.00910. The van der Waals surface area contributed by atoms with Gasteiger partial charge in [-0.3, -0.25) is 9.48 Å². The van der Waals surface area contributed by atoms with Gasteiger partial charge in [-0.1, -0.05) is 0 Å². The first-order chi connectivity index (χ1) is 15.0. The Balaban J connectivity index is 1.66. The van der Waals surface area contributed by atoms with Crippen molar-refractivity contribution in [1.82, 2.24) is 25.1 Å². The molecule has 0 radical (unpaired) electrons. The number of carbonyl (C=O) groups excluding carboxylic acids is 1. The number of hydrogen-bond donors (Lipinski definition) is 3. The summed E-state index contributed by atoms with van der Waals surface area (Å²) in [7, 11) is 0. The Morgan fingerprint density at radius 3 is 2.41 bits per heavy atom. The number of benzene rings is 1. The number of nitrogens with one attached hydrogen (secondary N) is 3. The van der Waals surface area contributed by atoms with Gasteiger partial charge in [-0.25, -0.2) is 22.5 Å². The Hall–Kier alpha value is -3.70. The van der Waals surface area contributed by atoms with Crippen LogP contribution in [0.4, 0.5) is 35.0 Å². The molecule has 2 aromatic heterocycles. The first-order valence-corrected chi connectivity index (χ1v) is 9.50. The van der Waals surface area contributed by atoms with Crippen molar-refractivity contribution in [2.24, 2.45) is 0 Å². The van der Waals surface area contributed by atoms with Crippen molar-refractivity contribution in [3.63, 3.8) is 0 Å². The van der Waals surface area contributed by atoms with Gasteiger partial charge in [0.1, 0.15) is 24.0 Å². The van der Waals surface area contributed by atoms with Gasteiger partial charge in [-0.15, -0.1) is 0 Å². The molecule has 0 saturated heterocycles. The Kier molecular flexibility index (Phi) is 6.61. The number of hydrogen-bond acceptors (Lipinski definition) is 6. The van der Waals surface area contributed by atoms with E-state index in [0.29, 0.717) is 17.8 Å². The predicted molar refractivity (Wildman–Crippen MR) is 109 cm³/mol. The molecule has 32 heavy (non-hydrogen) atoms. The van der Waals surface area contributed by atoms with Crippen molar-refractivity contribution < 1.29 is 22.4 Å². The van der Waals surface area contributed by atoms with E-state index in [0.717, 1.165) is 6.20 Å². The van der Waals surface area contributed by atoms with Gasteiger partial charge in [-0.2, -0.15) is 10.1 Å². The third kappa shape index (κ3) is 6.15. The lowest BCUT2D eigenvalue weighted by Gasteiger charge is -2.20. The monoisotopic (exact) mass is 451 g/mol. The summed E-state index contributed by atoms with van der Waals surface area (Å²) in [5.74, 6) is -4.68. The van der Waals surface area contributed by atoms with Crippen molar-refractivity contribution in [3.05, 3.63) is 59.6 Å². The van der Waals surface area contributed by atoms with Gasteiger partial charge >= 0.3 is 0 Å². The highest BCUT2D eigenvalue weighted by molar-refractivity contribution is 5.76. The molecule has 3 aromatic rings. The van der Waals surface area contributed by atoms with Crippen LogP contribution in [-0.4, -0.2) is 31.2 Å². The molecule has 1 aromatic carbocycles. The van der Waals surface area contributed by atoms with E-state index in [4.69, 9.17) is 0 Å². The van der Waals surface area contributed by atoms with Crippen LogP contribution < -0.4 is 16.0 Å². The summed E-state index contributed by atoms with van der Waals surface area (Å²) in [6.45, 7) is 5.10. The standard InChI is InChI=1S/C20H21F4N7O/c1-20(2,3)30-17(32)10-31-9-12(6-27-31)28-19-26-8-16(24)18(29-19)25-7-13-14(22)4-11(21)5-15(13)23/h4-6,8-9H,7,10H2,1-3H3,(H,30,32)(H2,25,26,28,29).